The molecule has 1 aromatic rings. The number of hydrogen-bond donors (Lipinski definition) is 0. The van der Waals surface area contributed by atoms with Gasteiger partial charge in [-0.15, -0.1) is 0 Å². The first-order valence-corrected chi connectivity index (χ1v) is 5.02. The van der Waals surface area contributed by atoms with E-state index in [0.717, 1.165) is 5.56 Å². The molecule has 1 rings (SSSR count). The summed E-state index contributed by atoms with van der Waals surface area (Å²) >= 11 is 0. The number of benzene rings is 1. The maximum absolute atomic E-state index is 11.6. The average Bonchev–Trinajstić information content (AvgIpc) is 2.17. The summed E-state index contributed by atoms with van der Waals surface area (Å²) in [4.78, 5) is 11.6. The number of ether oxygens (including phenoxy) is 1. The van der Waals surface area contributed by atoms with Crippen molar-refractivity contribution in [1.82, 2.24) is 0 Å². The van der Waals surface area contributed by atoms with Gasteiger partial charge in [0.1, 0.15) is 0 Å². The molecule has 0 aliphatic heterocycles. The van der Waals surface area contributed by atoms with E-state index in [1.54, 1.807) is 6.07 Å². The molecule has 0 spiro atoms. The van der Waals surface area contributed by atoms with E-state index in [-0.39, 0.29) is 18.0 Å². The van der Waals surface area contributed by atoms with Crippen molar-refractivity contribution in [2.45, 2.75) is 26.2 Å². The summed E-state index contributed by atoms with van der Waals surface area (Å²) in [6.07, 6.45) is 0. The van der Waals surface area contributed by atoms with E-state index < -0.39 is 0 Å². The molecule has 0 atom stereocenters. The van der Waals surface area contributed by atoms with Crippen LogP contribution in [0.15, 0.2) is 24.3 Å². The summed E-state index contributed by atoms with van der Waals surface area (Å²) in [5, 5.41) is 0. The summed E-state index contributed by atoms with van der Waals surface area (Å²) in [6, 6.07) is 7.52. The minimum absolute atomic E-state index is 0.0587. The van der Waals surface area contributed by atoms with Gasteiger partial charge in [0.15, 0.2) is 0 Å². The van der Waals surface area contributed by atoms with Gasteiger partial charge < -0.3 is 4.74 Å². The van der Waals surface area contributed by atoms with E-state index in [1.807, 2.05) is 18.2 Å². The van der Waals surface area contributed by atoms with Crippen LogP contribution in [0.3, 0.4) is 0 Å². The van der Waals surface area contributed by atoms with Gasteiger partial charge in [0.05, 0.1) is 12.2 Å². The molecule has 15 heavy (non-hydrogen) atoms. The molecule has 0 aliphatic rings. The summed E-state index contributed by atoms with van der Waals surface area (Å²) in [6.45, 7) is 9.88. The van der Waals surface area contributed by atoms with E-state index in [0.29, 0.717) is 5.56 Å². The summed E-state index contributed by atoms with van der Waals surface area (Å²) in [5.41, 5.74) is 1.58. The molecule has 1 radical (unpaired) electrons. The SMILES string of the molecule is [CH2]COC(=O)c1ccccc1C(C)(C)C. The highest BCUT2D eigenvalue weighted by molar-refractivity contribution is 5.91. The van der Waals surface area contributed by atoms with E-state index in [9.17, 15) is 4.79 Å². The number of carbonyl (C=O) groups is 1. The maximum atomic E-state index is 11.6. The highest BCUT2D eigenvalue weighted by atomic mass is 16.5. The van der Waals surface area contributed by atoms with Crippen molar-refractivity contribution in [2.75, 3.05) is 6.61 Å². The van der Waals surface area contributed by atoms with Gasteiger partial charge in [0.25, 0.3) is 0 Å². The van der Waals surface area contributed by atoms with Crippen LogP contribution in [-0.2, 0) is 10.2 Å². The van der Waals surface area contributed by atoms with Crippen molar-refractivity contribution < 1.29 is 9.53 Å². The van der Waals surface area contributed by atoms with E-state index in [2.05, 4.69) is 27.7 Å². The Bertz CT molecular complexity index is 348. The Morgan fingerprint density at radius 2 is 1.93 bits per heavy atom. The molecule has 0 aromatic heterocycles. The number of esters is 1. The molecule has 81 valence electrons. The molecule has 0 saturated heterocycles. The molecule has 0 unspecified atom stereocenters. The first kappa shape index (κ1) is 11.8. The standard InChI is InChI=1S/C13H17O2/c1-5-15-12(14)10-8-6-7-9-11(10)13(2,3)4/h6-9H,1,5H2,2-4H3. The lowest BCUT2D eigenvalue weighted by molar-refractivity contribution is 0.0544. The van der Waals surface area contributed by atoms with Crippen LogP contribution in [0.4, 0.5) is 0 Å². The maximum Gasteiger partial charge on any atom is 0.338 e. The van der Waals surface area contributed by atoms with Crippen LogP contribution in [0.1, 0.15) is 36.7 Å². The average molecular weight is 205 g/mol. The highest BCUT2D eigenvalue weighted by Gasteiger charge is 2.21. The first-order chi connectivity index (χ1) is 6.96. The molecule has 2 nitrogen and oxygen atoms in total. The smallest absolute Gasteiger partial charge is 0.338 e. The second-order valence-corrected chi connectivity index (χ2v) is 4.43. The van der Waals surface area contributed by atoms with Crippen LogP contribution in [0.5, 0.6) is 0 Å². The van der Waals surface area contributed by atoms with E-state index in [4.69, 9.17) is 4.74 Å². The van der Waals surface area contributed by atoms with Gasteiger partial charge >= 0.3 is 5.97 Å². The summed E-state index contributed by atoms with van der Waals surface area (Å²) in [5.74, 6) is -0.296. The Labute approximate surface area is 91.3 Å². The predicted octanol–water partition coefficient (Wildman–Crippen LogP) is 2.97. The fourth-order valence-corrected chi connectivity index (χ4v) is 1.49. The van der Waals surface area contributed by atoms with Crippen LogP contribution in [0, 0.1) is 6.92 Å². The third-order valence-electron chi connectivity index (χ3n) is 2.19. The van der Waals surface area contributed by atoms with Crippen molar-refractivity contribution >= 4 is 5.97 Å². The molecule has 0 bridgehead atoms. The molecule has 0 aliphatic carbocycles. The van der Waals surface area contributed by atoms with Crippen LogP contribution in [0.2, 0.25) is 0 Å². The Balaban J connectivity index is 3.12. The predicted molar refractivity (Wildman–Crippen MR) is 60.8 cm³/mol. The zero-order valence-electron chi connectivity index (χ0n) is 9.54. The summed E-state index contributed by atoms with van der Waals surface area (Å²) < 4.78 is 4.91. The van der Waals surface area contributed by atoms with Crippen LogP contribution >= 0.6 is 0 Å². The largest absolute Gasteiger partial charge is 0.462 e. The first-order valence-electron chi connectivity index (χ1n) is 5.02. The summed E-state index contributed by atoms with van der Waals surface area (Å²) in [7, 11) is 0. The zero-order chi connectivity index (χ0) is 11.5. The van der Waals surface area contributed by atoms with Gasteiger partial charge in [-0.25, -0.2) is 4.79 Å². The number of carbonyl (C=O) groups excluding carboxylic acids is 1. The highest BCUT2D eigenvalue weighted by Crippen LogP contribution is 2.26. The number of rotatable bonds is 2. The van der Waals surface area contributed by atoms with Gasteiger partial charge in [0.2, 0.25) is 0 Å². The van der Waals surface area contributed by atoms with Crippen LogP contribution in [-0.4, -0.2) is 12.6 Å². The topological polar surface area (TPSA) is 26.3 Å². The quantitative estimate of drug-likeness (QED) is 0.694. The zero-order valence-corrected chi connectivity index (χ0v) is 9.54. The molecule has 0 heterocycles. The van der Waals surface area contributed by atoms with Crippen LogP contribution < -0.4 is 0 Å². The molecule has 0 N–H and O–H groups in total. The Morgan fingerprint density at radius 3 is 2.47 bits per heavy atom. The van der Waals surface area contributed by atoms with E-state index >= 15 is 0 Å². The number of hydrogen-bond acceptors (Lipinski definition) is 2. The fraction of sp³-hybridized carbons (Fsp3) is 0.385. The Morgan fingerprint density at radius 1 is 1.33 bits per heavy atom. The molecular formula is C13H17O2. The van der Waals surface area contributed by atoms with Crippen molar-refractivity contribution in [3.8, 4) is 0 Å². The lowest BCUT2D eigenvalue weighted by Gasteiger charge is -2.21. The van der Waals surface area contributed by atoms with Gasteiger partial charge in [-0.05, 0) is 24.0 Å². The molecule has 0 saturated carbocycles. The molecule has 0 amide bonds. The molecule has 0 fully saturated rings. The lowest BCUT2D eigenvalue weighted by Crippen LogP contribution is -2.18. The second kappa shape index (κ2) is 4.47. The Hall–Kier alpha value is -1.31. The van der Waals surface area contributed by atoms with Gasteiger partial charge in [0, 0.05) is 0 Å². The second-order valence-electron chi connectivity index (χ2n) is 4.43. The van der Waals surface area contributed by atoms with Gasteiger partial charge in [-0.1, -0.05) is 39.0 Å². The third-order valence-corrected chi connectivity index (χ3v) is 2.19. The van der Waals surface area contributed by atoms with Crippen molar-refractivity contribution in [2.24, 2.45) is 0 Å². The van der Waals surface area contributed by atoms with Crippen molar-refractivity contribution in [3.63, 3.8) is 0 Å². The molecule has 1 aromatic carbocycles. The molecular weight excluding hydrogens is 188 g/mol. The minimum Gasteiger partial charge on any atom is -0.462 e. The van der Waals surface area contributed by atoms with Crippen LogP contribution in [0.25, 0.3) is 0 Å². The molecule has 2 heteroatoms. The third kappa shape index (κ3) is 2.82. The normalized spacial score (nSPS) is 11.2. The Kier molecular flexibility index (Phi) is 3.51. The van der Waals surface area contributed by atoms with Gasteiger partial charge in [-0.3, -0.25) is 0 Å². The monoisotopic (exact) mass is 205 g/mol. The van der Waals surface area contributed by atoms with Crippen molar-refractivity contribution in [3.05, 3.63) is 42.3 Å². The van der Waals surface area contributed by atoms with E-state index in [1.165, 1.54) is 0 Å². The van der Waals surface area contributed by atoms with Crippen molar-refractivity contribution in [1.29, 1.82) is 0 Å². The lowest BCUT2D eigenvalue weighted by atomic mass is 9.84. The van der Waals surface area contributed by atoms with Gasteiger partial charge in [-0.2, -0.15) is 0 Å². The minimum atomic E-state index is -0.296. The fourth-order valence-electron chi connectivity index (χ4n) is 1.49.